The van der Waals surface area contributed by atoms with E-state index in [2.05, 4.69) is 10.6 Å². The van der Waals surface area contributed by atoms with Gasteiger partial charge in [0.1, 0.15) is 0 Å². The molecule has 1 saturated carbocycles. The minimum atomic E-state index is -0.0663. The molecule has 2 amide bonds. The highest BCUT2D eigenvalue weighted by atomic mass is 16.5. The van der Waals surface area contributed by atoms with E-state index in [1.165, 1.54) is 12.8 Å². The molecule has 0 unspecified atom stereocenters. The topological polar surface area (TPSA) is 59.6 Å². The number of carbonyl (C=O) groups is 1. The summed E-state index contributed by atoms with van der Waals surface area (Å²) >= 11 is 0. The average molecular weight is 268 g/mol. The van der Waals surface area contributed by atoms with Crippen molar-refractivity contribution in [2.24, 2.45) is 5.92 Å². The quantitative estimate of drug-likeness (QED) is 0.687. The monoisotopic (exact) mass is 268 g/mol. The Morgan fingerprint density at radius 1 is 1.26 bits per heavy atom. The molecule has 0 spiro atoms. The van der Waals surface area contributed by atoms with Crippen molar-refractivity contribution in [3.05, 3.63) is 0 Å². The predicted octanol–water partition coefficient (Wildman–Crippen LogP) is 1.42. The maximum absolute atomic E-state index is 11.7. The van der Waals surface area contributed by atoms with Crippen LogP contribution in [0.1, 0.15) is 38.5 Å². The van der Waals surface area contributed by atoms with Gasteiger partial charge in [-0.1, -0.05) is 0 Å². The summed E-state index contributed by atoms with van der Waals surface area (Å²) in [6.45, 7) is 2.32. The lowest BCUT2D eigenvalue weighted by atomic mass is 9.96. The van der Waals surface area contributed by atoms with E-state index in [4.69, 9.17) is 9.47 Å². The third-order valence-corrected chi connectivity index (χ3v) is 4.22. The maximum atomic E-state index is 11.7. The molecule has 2 N–H and O–H groups in total. The molecule has 19 heavy (non-hydrogen) atoms. The zero-order valence-corrected chi connectivity index (χ0v) is 11.4. The fourth-order valence-electron chi connectivity index (χ4n) is 2.92. The van der Waals surface area contributed by atoms with Gasteiger partial charge in [0, 0.05) is 19.8 Å². The molecule has 0 radical (unpaired) electrons. The fourth-order valence-corrected chi connectivity index (χ4v) is 2.92. The normalized spacial score (nSPS) is 32.5. The van der Waals surface area contributed by atoms with Crippen LogP contribution in [0.2, 0.25) is 0 Å². The summed E-state index contributed by atoms with van der Waals surface area (Å²) in [5.41, 5.74) is 0. The van der Waals surface area contributed by atoms with Crippen molar-refractivity contribution in [2.45, 2.75) is 56.8 Å². The molecule has 108 valence electrons. The molecule has 2 aliphatic heterocycles. The van der Waals surface area contributed by atoms with Gasteiger partial charge >= 0.3 is 6.03 Å². The zero-order valence-electron chi connectivity index (χ0n) is 11.4. The predicted molar refractivity (Wildman–Crippen MR) is 71.0 cm³/mol. The second-order valence-electron chi connectivity index (χ2n) is 5.99. The van der Waals surface area contributed by atoms with Crippen LogP contribution in [0.5, 0.6) is 0 Å². The summed E-state index contributed by atoms with van der Waals surface area (Å²) in [7, 11) is 0. The van der Waals surface area contributed by atoms with E-state index >= 15 is 0 Å². The zero-order chi connectivity index (χ0) is 13.1. The molecule has 5 heteroatoms. The van der Waals surface area contributed by atoms with Gasteiger partial charge in [0.25, 0.3) is 0 Å². The number of hydrogen-bond acceptors (Lipinski definition) is 3. The molecule has 0 aromatic rings. The van der Waals surface area contributed by atoms with Crippen LogP contribution < -0.4 is 10.6 Å². The Labute approximate surface area is 114 Å². The van der Waals surface area contributed by atoms with Crippen molar-refractivity contribution in [1.29, 1.82) is 0 Å². The van der Waals surface area contributed by atoms with Crippen molar-refractivity contribution in [3.63, 3.8) is 0 Å². The minimum Gasteiger partial charge on any atom is -0.381 e. The summed E-state index contributed by atoms with van der Waals surface area (Å²) in [5, 5.41) is 5.90. The van der Waals surface area contributed by atoms with E-state index in [1.807, 2.05) is 0 Å². The molecule has 3 aliphatic rings. The Bertz CT molecular complexity index is 320. The van der Waals surface area contributed by atoms with Crippen molar-refractivity contribution >= 4 is 6.03 Å². The highest BCUT2D eigenvalue weighted by Crippen LogP contribution is 2.34. The Kier molecular flexibility index (Phi) is 4.23. The molecular formula is C14H24N2O3. The van der Waals surface area contributed by atoms with Gasteiger partial charge in [0.05, 0.1) is 18.2 Å². The Morgan fingerprint density at radius 2 is 2.16 bits per heavy atom. The summed E-state index contributed by atoms with van der Waals surface area (Å²) in [6.07, 6.45) is 7.38. The van der Waals surface area contributed by atoms with Crippen LogP contribution in [0.15, 0.2) is 0 Å². The molecule has 0 aromatic heterocycles. The summed E-state index contributed by atoms with van der Waals surface area (Å²) in [4.78, 5) is 11.7. The van der Waals surface area contributed by atoms with Gasteiger partial charge in [0.2, 0.25) is 0 Å². The fraction of sp³-hybridized carbons (Fsp3) is 0.929. The number of nitrogens with one attached hydrogen (secondary N) is 2. The van der Waals surface area contributed by atoms with Gasteiger partial charge in [0.15, 0.2) is 0 Å². The first kappa shape index (κ1) is 13.2. The number of urea groups is 1. The van der Waals surface area contributed by atoms with Gasteiger partial charge in [-0.25, -0.2) is 4.79 Å². The molecule has 1 aliphatic carbocycles. The van der Waals surface area contributed by atoms with Gasteiger partial charge < -0.3 is 20.1 Å². The third-order valence-electron chi connectivity index (χ3n) is 4.22. The first-order chi connectivity index (χ1) is 9.31. The van der Waals surface area contributed by atoms with Crippen LogP contribution in [0.25, 0.3) is 0 Å². The molecule has 5 nitrogen and oxygen atoms in total. The van der Waals surface area contributed by atoms with Crippen LogP contribution >= 0.6 is 0 Å². The number of hydrogen-bond donors (Lipinski definition) is 2. The molecule has 3 rings (SSSR count). The number of rotatable bonds is 7. The summed E-state index contributed by atoms with van der Waals surface area (Å²) < 4.78 is 11.2. The Morgan fingerprint density at radius 3 is 2.84 bits per heavy atom. The van der Waals surface area contributed by atoms with Crippen LogP contribution in [0, 0.1) is 5.92 Å². The van der Waals surface area contributed by atoms with E-state index in [0.717, 1.165) is 44.8 Å². The Hall–Kier alpha value is -0.810. The van der Waals surface area contributed by atoms with Gasteiger partial charge in [-0.3, -0.25) is 0 Å². The van der Waals surface area contributed by atoms with E-state index in [9.17, 15) is 4.79 Å². The van der Waals surface area contributed by atoms with Crippen LogP contribution in [0.4, 0.5) is 4.79 Å². The van der Waals surface area contributed by atoms with E-state index in [1.54, 1.807) is 0 Å². The van der Waals surface area contributed by atoms with E-state index < -0.39 is 0 Å². The first-order valence-corrected chi connectivity index (χ1v) is 7.59. The lowest BCUT2D eigenvalue weighted by Gasteiger charge is -2.20. The lowest BCUT2D eigenvalue weighted by Crippen LogP contribution is -2.46. The highest BCUT2D eigenvalue weighted by molar-refractivity contribution is 5.74. The van der Waals surface area contributed by atoms with E-state index in [-0.39, 0.29) is 18.2 Å². The van der Waals surface area contributed by atoms with E-state index in [0.29, 0.717) is 12.6 Å². The number of ether oxygens (including phenoxy) is 2. The molecule has 0 aromatic carbocycles. The number of carbonyl (C=O) groups excluding carboxylic acids is 1. The molecule has 3 fully saturated rings. The van der Waals surface area contributed by atoms with Crippen molar-refractivity contribution in [2.75, 3.05) is 19.8 Å². The van der Waals surface area contributed by atoms with Crippen LogP contribution in [-0.4, -0.2) is 44.0 Å². The minimum absolute atomic E-state index is 0.0663. The summed E-state index contributed by atoms with van der Waals surface area (Å²) in [5.74, 6) is 0.814. The smallest absolute Gasteiger partial charge is 0.315 e. The lowest BCUT2D eigenvalue weighted by molar-refractivity contribution is 0.0980. The molecule has 3 atom stereocenters. The van der Waals surface area contributed by atoms with Crippen LogP contribution in [0.3, 0.4) is 0 Å². The average Bonchev–Trinajstić information content (AvgIpc) is 2.99. The number of amides is 2. The third kappa shape index (κ3) is 3.83. The molecule has 2 heterocycles. The highest BCUT2D eigenvalue weighted by Gasteiger charge is 2.41. The van der Waals surface area contributed by atoms with Crippen molar-refractivity contribution < 1.29 is 14.3 Å². The van der Waals surface area contributed by atoms with Crippen LogP contribution in [-0.2, 0) is 9.47 Å². The molecule has 2 saturated heterocycles. The summed E-state index contributed by atoms with van der Waals surface area (Å²) in [6, 6.07) is 0.146. The largest absolute Gasteiger partial charge is 0.381 e. The standard InChI is InChI=1S/C14H24N2O3/c17-14(15-6-1-7-18-9-10-2-3-10)16-12-8-11-4-5-13(12)19-11/h10-13H,1-9H2,(H2,15,16,17)/t11-,12+,13-/m1/s1. The number of fused-ring (bicyclic) bond motifs is 2. The van der Waals surface area contributed by atoms with Gasteiger partial charge in [-0.05, 0) is 44.4 Å². The molecular weight excluding hydrogens is 244 g/mol. The molecule has 2 bridgehead atoms. The van der Waals surface area contributed by atoms with Gasteiger partial charge in [-0.15, -0.1) is 0 Å². The second-order valence-corrected chi connectivity index (χ2v) is 5.99. The Balaban J connectivity index is 1.21. The van der Waals surface area contributed by atoms with Crippen molar-refractivity contribution in [1.82, 2.24) is 10.6 Å². The second kappa shape index (κ2) is 6.09. The first-order valence-electron chi connectivity index (χ1n) is 7.59. The maximum Gasteiger partial charge on any atom is 0.315 e. The van der Waals surface area contributed by atoms with Gasteiger partial charge in [-0.2, -0.15) is 0 Å². The SMILES string of the molecule is O=C(NCCCOCC1CC1)N[C@H]1C[C@H]2CC[C@H]1O2. The van der Waals surface area contributed by atoms with Crippen molar-refractivity contribution in [3.8, 4) is 0 Å².